The quantitative estimate of drug-likeness (QED) is 0.282. The Kier molecular flexibility index (Phi) is 6.07. The number of amides is 1. The van der Waals surface area contributed by atoms with Crippen LogP contribution in [0.2, 0.25) is 10.0 Å². The van der Waals surface area contributed by atoms with Crippen LogP contribution in [0.15, 0.2) is 66.9 Å². The summed E-state index contributed by atoms with van der Waals surface area (Å²) >= 11 is 12.6. The number of carbonyl (C=O) groups excluding carboxylic acids is 1. The molecule has 0 saturated heterocycles. The minimum atomic E-state index is -0.356. The van der Waals surface area contributed by atoms with E-state index in [9.17, 15) is 4.79 Å². The van der Waals surface area contributed by atoms with Crippen LogP contribution in [0.25, 0.3) is 11.3 Å². The number of hydrogen-bond acceptors (Lipinski definition) is 3. The van der Waals surface area contributed by atoms with Crippen LogP contribution >= 0.6 is 23.2 Å². The number of ether oxygens (including phenoxy) is 1. The molecular formula is C28H25Cl2N3O2. The summed E-state index contributed by atoms with van der Waals surface area (Å²) in [5.74, 6) is 0.442. The van der Waals surface area contributed by atoms with E-state index in [2.05, 4.69) is 23.4 Å². The van der Waals surface area contributed by atoms with Gasteiger partial charge in [-0.3, -0.25) is 9.69 Å². The van der Waals surface area contributed by atoms with Crippen molar-refractivity contribution in [3.8, 4) is 17.1 Å². The van der Waals surface area contributed by atoms with Gasteiger partial charge in [-0.15, -0.1) is 0 Å². The highest BCUT2D eigenvalue weighted by Crippen LogP contribution is 2.47. The summed E-state index contributed by atoms with van der Waals surface area (Å²) < 4.78 is 7.77. The molecule has 2 aromatic carbocycles. The summed E-state index contributed by atoms with van der Waals surface area (Å²) in [4.78, 5) is 20.3. The highest BCUT2D eigenvalue weighted by Gasteiger charge is 2.43. The van der Waals surface area contributed by atoms with Crippen molar-refractivity contribution in [2.45, 2.75) is 32.9 Å². The first-order chi connectivity index (χ1) is 16.8. The first kappa shape index (κ1) is 23.5. The van der Waals surface area contributed by atoms with E-state index in [-0.39, 0.29) is 18.0 Å². The second-order valence-electron chi connectivity index (χ2n) is 8.91. The van der Waals surface area contributed by atoms with Gasteiger partial charge in [0.15, 0.2) is 0 Å². The molecule has 0 bridgehead atoms. The molecule has 0 saturated carbocycles. The van der Waals surface area contributed by atoms with Crippen LogP contribution in [0.1, 0.15) is 53.1 Å². The Hall–Kier alpha value is -3.28. The molecule has 5 rings (SSSR count). The molecule has 1 aliphatic rings. The third-order valence-corrected chi connectivity index (χ3v) is 6.90. The number of halogens is 2. The first-order valence-corrected chi connectivity index (χ1v) is 12.2. The van der Waals surface area contributed by atoms with Gasteiger partial charge in [-0.05, 0) is 74.4 Å². The second-order valence-corrected chi connectivity index (χ2v) is 9.79. The van der Waals surface area contributed by atoms with Crippen molar-refractivity contribution in [2.24, 2.45) is 0 Å². The van der Waals surface area contributed by atoms with Crippen molar-refractivity contribution >= 4 is 34.8 Å². The van der Waals surface area contributed by atoms with E-state index in [1.807, 2.05) is 72.5 Å². The molecule has 0 N–H and O–H groups in total. The number of aromatic nitrogens is 2. The van der Waals surface area contributed by atoms with Crippen molar-refractivity contribution < 1.29 is 9.53 Å². The van der Waals surface area contributed by atoms with E-state index >= 15 is 0 Å². The fourth-order valence-corrected chi connectivity index (χ4v) is 5.21. The highest BCUT2D eigenvalue weighted by molar-refractivity contribution is 6.31. The Labute approximate surface area is 214 Å². The highest BCUT2D eigenvalue weighted by atomic mass is 35.5. The molecule has 3 heterocycles. The number of rotatable bonds is 5. The number of benzene rings is 2. The minimum Gasteiger partial charge on any atom is -0.481 e. The average Bonchev–Trinajstić information content (AvgIpc) is 3.36. The maximum absolute atomic E-state index is 14.1. The lowest BCUT2D eigenvalue weighted by Gasteiger charge is -2.30. The summed E-state index contributed by atoms with van der Waals surface area (Å²) in [6.45, 7) is 6.22. The van der Waals surface area contributed by atoms with E-state index in [0.717, 1.165) is 33.8 Å². The Morgan fingerprint density at radius 3 is 2.37 bits per heavy atom. The number of fused-ring (bicyclic) bond motifs is 1. The van der Waals surface area contributed by atoms with Gasteiger partial charge in [0, 0.05) is 28.0 Å². The Morgan fingerprint density at radius 2 is 1.69 bits per heavy atom. The topological polar surface area (TPSA) is 47.4 Å². The molecule has 0 fully saturated rings. The van der Waals surface area contributed by atoms with Crippen LogP contribution in [-0.2, 0) is 0 Å². The fraction of sp³-hybridized carbons (Fsp3) is 0.214. The van der Waals surface area contributed by atoms with Gasteiger partial charge in [-0.25, -0.2) is 4.98 Å². The number of nitrogens with zero attached hydrogens (tertiary/aromatic N) is 3. The Balaban J connectivity index is 1.80. The van der Waals surface area contributed by atoms with Gasteiger partial charge in [-0.1, -0.05) is 41.4 Å². The molecular weight excluding hydrogens is 481 g/mol. The zero-order chi connectivity index (χ0) is 24.9. The fourth-order valence-electron chi connectivity index (χ4n) is 4.91. The van der Waals surface area contributed by atoms with Gasteiger partial charge < -0.3 is 9.30 Å². The number of pyridine rings is 1. The number of anilines is 1. The van der Waals surface area contributed by atoms with Crippen LogP contribution in [0, 0.1) is 6.92 Å². The van der Waals surface area contributed by atoms with Crippen LogP contribution in [0.4, 0.5) is 5.69 Å². The molecule has 0 spiro atoms. The summed E-state index contributed by atoms with van der Waals surface area (Å²) in [5.41, 5.74) is 6.03. The van der Waals surface area contributed by atoms with Gasteiger partial charge >= 0.3 is 0 Å². The maximum Gasteiger partial charge on any atom is 0.261 e. The van der Waals surface area contributed by atoms with Gasteiger partial charge in [0.05, 0.1) is 29.6 Å². The van der Waals surface area contributed by atoms with Crippen molar-refractivity contribution in [1.29, 1.82) is 0 Å². The van der Waals surface area contributed by atoms with Gasteiger partial charge in [0.1, 0.15) is 6.04 Å². The Bertz CT molecular complexity index is 1430. The summed E-state index contributed by atoms with van der Waals surface area (Å²) in [7, 11) is 1.60. The van der Waals surface area contributed by atoms with Crippen LogP contribution in [0.3, 0.4) is 0 Å². The number of methoxy groups -OCH3 is 1. The third kappa shape index (κ3) is 3.89. The third-order valence-electron chi connectivity index (χ3n) is 6.42. The summed E-state index contributed by atoms with van der Waals surface area (Å²) in [6, 6.07) is 18.8. The SMILES string of the molecule is COc1ncccc1-c1cc2c(n1C(C)C)C(c1ccc(Cl)cc1)N(c1cc(Cl)ccc1C)C2=O. The Morgan fingerprint density at radius 1 is 0.971 bits per heavy atom. The summed E-state index contributed by atoms with van der Waals surface area (Å²) in [6.07, 6.45) is 1.70. The molecule has 7 heteroatoms. The van der Waals surface area contributed by atoms with Crippen molar-refractivity contribution in [1.82, 2.24) is 9.55 Å². The molecule has 5 nitrogen and oxygen atoms in total. The van der Waals surface area contributed by atoms with Crippen LogP contribution in [0.5, 0.6) is 5.88 Å². The maximum atomic E-state index is 14.1. The zero-order valence-corrected chi connectivity index (χ0v) is 21.4. The molecule has 1 amide bonds. The smallest absolute Gasteiger partial charge is 0.261 e. The molecule has 178 valence electrons. The molecule has 4 aromatic rings. The molecule has 35 heavy (non-hydrogen) atoms. The number of aryl methyl sites for hydroxylation is 1. The van der Waals surface area contributed by atoms with Crippen LogP contribution < -0.4 is 9.64 Å². The number of hydrogen-bond donors (Lipinski definition) is 0. The van der Waals surface area contributed by atoms with Crippen molar-refractivity contribution in [2.75, 3.05) is 12.0 Å². The van der Waals surface area contributed by atoms with E-state index in [0.29, 0.717) is 21.5 Å². The largest absolute Gasteiger partial charge is 0.481 e. The van der Waals surface area contributed by atoms with Crippen LogP contribution in [-0.4, -0.2) is 22.6 Å². The van der Waals surface area contributed by atoms with E-state index in [4.69, 9.17) is 27.9 Å². The molecule has 2 aromatic heterocycles. The zero-order valence-electron chi connectivity index (χ0n) is 19.9. The van der Waals surface area contributed by atoms with E-state index in [1.54, 1.807) is 13.3 Å². The molecule has 0 aliphatic carbocycles. The second kappa shape index (κ2) is 9.06. The standard InChI is InChI=1S/C28H25Cl2N3O2/c1-16(2)32-24(21-6-5-13-31-27(21)35-4)15-22-26(32)25(18-8-11-19(29)12-9-18)33(28(22)34)23-14-20(30)10-7-17(23)3/h5-16,25H,1-4H3. The average molecular weight is 506 g/mol. The lowest BCUT2D eigenvalue weighted by atomic mass is 10.0. The summed E-state index contributed by atoms with van der Waals surface area (Å²) in [5, 5.41) is 1.22. The monoisotopic (exact) mass is 505 g/mol. The minimum absolute atomic E-state index is 0.0710. The van der Waals surface area contributed by atoms with Gasteiger partial charge in [0.25, 0.3) is 5.91 Å². The van der Waals surface area contributed by atoms with E-state index in [1.165, 1.54) is 0 Å². The lowest BCUT2D eigenvalue weighted by molar-refractivity contribution is 0.0993. The van der Waals surface area contributed by atoms with E-state index < -0.39 is 0 Å². The number of carbonyl (C=O) groups is 1. The molecule has 1 atom stereocenters. The van der Waals surface area contributed by atoms with Crippen molar-refractivity contribution in [3.05, 3.63) is 99.3 Å². The predicted molar refractivity (Wildman–Crippen MR) is 141 cm³/mol. The van der Waals surface area contributed by atoms with Crippen molar-refractivity contribution in [3.63, 3.8) is 0 Å². The lowest BCUT2D eigenvalue weighted by Crippen LogP contribution is -2.30. The predicted octanol–water partition coefficient (Wildman–Crippen LogP) is 7.50. The molecule has 1 aliphatic heterocycles. The van der Waals surface area contributed by atoms with Gasteiger partial charge in [-0.2, -0.15) is 0 Å². The first-order valence-electron chi connectivity index (χ1n) is 11.4. The van der Waals surface area contributed by atoms with Gasteiger partial charge in [0.2, 0.25) is 5.88 Å². The normalized spacial score (nSPS) is 15.1. The molecule has 1 unspecified atom stereocenters. The molecule has 0 radical (unpaired) electrons.